The van der Waals surface area contributed by atoms with E-state index in [0.29, 0.717) is 12.1 Å². The molecule has 0 amide bonds. The van der Waals surface area contributed by atoms with E-state index in [1.165, 1.54) is 0 Å². The average Bonchev–Trinajstić information content (AvgIpc) is 3.08. The highest BCUT2D eigenvalue weighted by atomic mass is 79.9. The largest absolute Gasteiger partial charge is 0.306 e. The minimum atomic E-state index is -0.0520. The average molecular weight is 350 g/mol. The van der Waals surface area contributed by atoms with E-state index in [4.69, 9.17) is 0 Å². The van der Waals surface area contributed by atoms with Crippen LogP contribution >= 0.6 is 15.9 Å². The lowest BCUT2D eigenvalue weighted by Gasteiger charge is -2.08. The smallest absolute Gasteiger partial charge is 0.276 e. The van der Waals surface area contributed by atoms with Crippen molar-refractivity contribution in [3.63, 3.8) is 0 Å². The lowest BCUT2D eigenvalue weighted by Crippen LogP contribution is -2.23. The van der Waals surface area contributed by atoms with Gasteiger partial charge in [-0.05, 0) is 35.3 Å². The maximum absolute atomic E-state index is 12.4. The Morgan fingerprint density at radius 1 is 1.29 bits per heavy atom. The van der Waals surface area contributed by atoms with E-state index in [-0.39, 0.29) is 5.56 Å². The lowest BCUT2D eigenvalue weighted by molar-refractivity contribution is 0.587. The molecular formula is C14H16BrN5O. The summed E-state index contributed by atoms with van der Waals surface area (Å²) < 4.78 is 6.20. The highest BCUT2D eigenvalue weighted by molar-refractivity contribution is 9.10. The molecule has 21 heavy (non-hydrogen) atoms. The van der Waals surface area contributed by atoms with Crippen LogP contribution in [0.25, 0.3) is 5.52 Å². The van der Waals surface area contributed by atoms with Gasteiger partial charge in [-0.2, -0.15) is 10.2 Å². The third-order valence-electron chi connectivity index (χ3n) is 3.55. The van der Waals surface area contributed by atoms with Gasteiger partial charge in [-0.1, -0.05) is 6.92 Å². The number of halogens is 1. The fourth-order valence-corrected chi connectivity index (χ4v) is 3.10. The van der Waals surface area contributed by atoms with Crippen LogP contribution in [0.4, 0.5) is 0 Å². The summed E-state index contributed by atoms with van der Waals surface area (Å²) in [6, 6.07) is 1.72. The van der Waals surface area contributed by atoms with Crippen molar-refractivity contribution in [2.24, 2.45) is 0 Å². The van der Waals surface area contributed by atoms with Gasteiger partial charge in [-0.15, -0.1) is 0 Å². The van der Waals surface area contributed by atoms with Crippen molar-refractivity contribution in [3.05, 3.63) is 50.9 Å². The number of rotatable bonds is 4. The van der Waals surface area contributed by atoms with Gasteiger partial charge in [0, 0.05) is 18.9 Å². The Kier molecular flexibility index (Phi) is 3.67. The maximum atomic E-state index is 12.4. The Labute approximate surface area is 130 Å². The fourth-order valence-electron chi connectivity index (χ4n) is 2.42. The highest BCUT2D eigenvalue weighted by Crippen LogP contribution is 2.22. The summed E-state index contributed by atoms with van der Waals surface area (Å²) in [6.07, 6.45) is 6.03. The Hall–Kier alpha value is -1.89. The van der Waals surface area contributed by atoms with Crippen LogP contribution in [0.5, 0.6) is 0 Å². The van der Waals surface area contributed by atoms with Crippen molar-refractivity contribution in [2.75, 3.05) is 0 Å². The second-order valence-electron chi connectivity index (χ2n) is 4.77. The van der Waals surface area contributed by atoms with Gasteiger partial charge in [-0.25, -0.2) is 4.52 Å². The summed E-state index contributed by atoms with van der Waals surface area (Å²) >= 11 is 3.61. The predicted molar refractivity (Wildman–Crippen MR) is 83.5 cm³/mol. The van der Waals surface area contributed by atoms with E-state index in [2.05, 4.69) is 33.1 Å². The van der Waals surface area contributed by atoms with Gasteiger partial charge >= 0.3 is 0 Å². The molecule has 7 heteroatoms. The zero-order chi connectivity index (χ0) is 15.0. The van der Waals surface area contributed by atoms with Crippen molar-refractivity contribution in [1.29, 1.82) is 0 Å². The van der Waals surface area contributed by atoms with Gasteiger partial charge in [0.15, 0.2) is 0 Å². The SMILES string of the molecule is CCc1nn(CC)c(Cn2ccn3nccc3c2=O)c1Br. The van der Waals surface area contributed by atoms with Crippen LogP contribution in [0.2, 0.25) is 0 Å². The third kappa shape index (κ3) is 2.31. The lowest BCUT2D eigenvalue weighted by atomic mass is 10.3. The molecule has 0 aliphatic rings. The van der Waals surface area contributed by atoms with Crippen LogP contribution < -0.4 is 5.56 Å². The topological polar surface area (TPSA) is 57.1 Å². The number of aromatic nitrogens is 5. The summed E-state index contributed by atoms with van der Waals surface area (Å²) in [5.41, 5.74) is 2.56. The van der Waals surface area contributed by atoms with Crippen LogP contribution in [0.15, 0.2) is 33.9 Å². The minimum absolute atomic E-state index is 0.0520. The van der Waals surface area contributed by atoms with Gasteiger partial charge in [0.2, 0.25) is 0 Å². The standard InChI is InChI=1S/C14H16BrN5O/c1-3-10-13(15)12(19(4-2)17-10)9-18-7-8-20-11(14(18)21)5-6-16-20/h5-8H,3-4,9H2,1-2H3. The van der Waals surface area contributed by atoms with E-state index >= 15 is 0 Å². The van der Waals surface area contributed by atoms with Crippen LogP contribution in [0, 0.1) is 0 Å². The van der Waals surface area contributed by atoms with Gasteiger partial charge in [-0.3, -0.25) is 9.48 Å². The maximum Gasteiger partial charge on any atom is 0.276 e. The van der Waals surface area contributed by atoms with Gasteiger partial charge in [0.05, 0.1) is 28.6 Å². The molecule has 0 aliphatic heterocycles. The molecular weight excluding hydrogens is 334 g/mol. The Morgan fingerprint density at radius 2 is 2.10 bits per heavy atom. The first-order chi connectivity index (χ1) is 10.2. The second-order valence-corrected chi connectivity index (χ2v) is 5.56. The van der Waals surface area contributed by atoms with Crippen molar-refractivity contribution >= 4 is 21.4 Å². The quantitative estimate of drug-likeness (QED) is 0.724. The predicted octanol–water partition coefficient (Wildman–Crippen LogP) is 2.09. The summed E-state index contributed by atoms with van der Waals surface area (Å²) in [5.74, 6) is 0. The molecule has 0 fully saturated rings. The molecule has 0 bridgehead atoms. The van der Waals surface area contributed by atoms with Gasteiger partial charge in [0.25, 0.3) is 5.56 Å². The first kappa shape index (κ1) is 14.1. The fraction of sp³-hybridized carbons (Fsp3) is 0.357. The summed E-state index contributed by atoms with van der Waals surface area (Å²) in [5, 5.41) is 8.63. The van der Waals surface area contributed by atoms with Crippen molar-refractivity contribution in [3.8, 4) is 0 Å². The monoisotopic (exact) mass is 349 g/mol. The molecule has 3 aromatic rings. The van der Waals surface area contributed by atoms with E-state index in [1.54, 1.807) is 33.7 Å². The molecule has 0 saturated carbocycles. The molecule has 3 aromatic heterocycles. The zero-order valence-corrected chi connectivity index (χ0v) is 13.5. The zero-order valence-electron chi connectivity index (χ0n) is 12.0. The molecule has 0 radical (unpaired) electrons. The van der Waals surface area contributed by atoms with E-state index in [1.807, 2.05) is 11.6 Å². The van der Waals surface area contributed by atoms with Crippen molar-refractivity contribution < 1.29 is 0 Å². The number of aryl methyl sites for hydroxylation is 2. The molecule has 110 valence electrons. The summed E-state index contributed by atoms with van der Waals surface area (Å²) in [6.45, 7) is 5.38. The molecule has 0 aromatic carbocycles. The molecule has 0 atom stereocenters. The highest BCUT2D eigenvalue weighted by Gasteiger charge is 2.15. The minimum Gasteiger partial charge on any atom is -0.306 e. The third-order valence-corrected chi connectivity index (χ3v) is 4.47. The van der Waals surface area contributed by atoms with E-state index in [0.717, 1.165) is 28.8 Å². The van der Waals surface area contributed by atoms with Gasteiger partial charge in [0.1, 0.15) is 5.52 Å². The number of fused-ring (bicyclic) bond motifs is 1. The summed E-state index contributed by atoms with van der Waals surface area (Å²) in [7, 11) is 0. The first-order valence-corrected chi connectivity index (χ1v) is 7.71. The van der Waals surface area contributed by atoms with Crippen LogP contribution in [0.1, 0.15) is 25.2 Å². The Balaban J connectivity index is 2.08. The molecule has 0 aliphatic carbocycles. The first-order valence-electron chi connectivity index (χ1n) is 6.92. The summed E-state index contributed by atoms with van der Waals surface area (Å²) in [4.78, 5) is 12.4. The van der Waals surface area contributed by atoms with Crippen LogP contribution in [-0.4, -0.2) is 24.0 Å². The molecule has 6 nitrogen and oxygen atoms in total. The second kappa shape index (κ2) is 5.48. The van der Waals surface area contributed by atoms with Crippen molar-refractivity contribution in [2.45, 2.75) is 33.4 Å². The van der Waals surface area contributed by atoms with E-state index in [9.17, 15) is 4.79 Å². The molecule has 0 saturated heterocycles. The van der Waals surface area contributed by atoms with Crippen LogP contribution in [0.3, 0.4) is 0 Å². The molecule has 0 N–H and O–H groups in total. The van der Waals surface area contributed by atoms with Gasteiger partial charge < -0.3 is 4.57 Å². The Morgan fingerprint density at radius 3 is 2.81 bits per heavy atom. The number of hydrogen-bond acceptors (Lipinski definition) is 3. The van der Waals surface area contributed by atoms with Crippen LogP contribution in [-0.2, 0) is 19.5 Å². The number of nitrogens with zero attached hydrogens (tertiary/aromatic N) is 5. The van der Waals surface area contributed by atoms with E-state index < -0.39 is 0 Å². The van der Waals surface area contributed by atoms with Crippen molar-refractivity contribution in [1.82, 2.24) is 24.0 Å². The molecule has 0 spiro atoms. The normalized spacial score (nSPS) is 11.4. The molecule has 3 heterocycles. The molecule has 0 unspecified atom stereocenters. The Bertz CT molecular complexity index is 845. The number of hydrogen-bond donors (Lipinski definition) is 0. The molecule has 3 rings (SSSR count).